The van der Waals surface area contributed by atoms with Gasteiger partial charge in [0.2, 0.25) is 5.78 Å². The van der Waals surface area contributed by atoms with Crippen LogP contribution in [0.1, 0.15) is 15.9 Å². The number of carbonyl (C=O) groups excluding carboxylic acids is 1. The van der Waals surface area contributed by atoms with E-state index >= 15 is 0 Å². The van der Waals surface area contributed by atoms with Gasteiger partial charge < -0.3 is 30.4 Å². The molecular weight excluding hydrogens is 502 g/mol. The molecule has 6 N–H and O–H groups in total. The fraction of sp³-hybridized carbons (Fsp3) is 0. The van der Waals surface area contributed by atoms with Gasteiger partial charge in [0.05, 0.1) is 21.4 Å². The molecule has 0 bridgehead atoms. The quantitative estimate of drug-likeness (QED) is 0.177. The number of hydrogen-bond acceptors (Lipinski definition) is 5. The van der Waals surface area contributed by atoms with Crippen molar-refractivity contribution >= 4 is 52.2 Å². The van der Waals surface area contributed by atoms with Crippen molar-refractivity contribution in [1.29, 1.82) is 0 Å². The zero-order valence-corrected chi connectivity index (χ0v) is 18.7. The number of aromatic hydroxyl groups is 4. The molecule has 32 heavy (non-hydrogen) atoms. The van der Waals surface area contributed by atoms with E-state index < -0.39 is 39.9 Å². The molecule has 0 unspecified atom stereocenters. The number of benzene rings is 2. The maximum atomic E-state index is 13.3. The zero-order chi connectivity index (χ0) is 23.3. The van der Waals surface area contributed by atoms with Gasteiger partial charge >= 0.3 is 0 Å². The smallest absolute Gasteiger partial charge is 0.208 e. The van der Waals surface area contributed by atoms with Crippen molar-refractivity contribution in [1.82, 2.24) is 9.97 Å². The van der Waals surface area contributed by atoms with Crippen LogP contribution in [0.4, 0.5) is 0 Å². The van der Waals surface area contributed by atoms with Gasteiger partial charge in [0, 0.05) is 11.1 Å². The maximum absolute atomic E-state index is 13.3. The molecule has 0 amide bonds. The van der Waals surface area contributed by atoms with Gasteiger partial charge in [-0.05, 0) is 36.4 Å². The van der Waals surface area contributed by atoms with Gasteiger partial charge in [-0.15, -0.1) is 0 Å². The van der Waals surface area contributed by atoms with Gasteiger partial charge in [-0.25, -0.2) is 0 Å². The van der Waals surface area contributed by atoms with Gasteiger partial charge in [0.1, 0.15) is 44.4 Å². The predicted molar refractivity (Wildman–Crippen MR) is 123 cm³/mol. The molecule has 0 aliphatic rings. The summed E-state index contributed by atoms with van der Waals surface area (Å²) in [5.41, 5.74) is -0.311. The average Bonchev–Trinajstić information content (AvgIpc) is 3.23. The highest BCUT2D eigenvalue weighted by Crippen LogP contribution is 2.44. The van der Waals surface area contributed by atoms with Gasteiger partial charge in [0.15, 0.2) is 0 Å². The number of rotatable bonds is 4. The highest BCUT2D eigenvalue weighted by Gasteiger charge is 2.28. The Bertz CT molecular complexity index is 1250. The van der Waals surface area contributed by atoms with Gasteiger partial charge in [-0.1, -0.05) is 46.4 Å². The van der Waals surface area contributed by atoms with E-state index in [-0.39, 0.29) is 42.9 Å². The molecule has 4 rings (SSSR count). The molecule has 0 aliphatic carbocycles. The van der Waals surface area contributed by atoms with Crippen LogP contribution in [0.25, 0.3) is 22.5 Å². The molecule has 2 heterocycles. The van der Waals surface area contributed by atoms with Crippen molar-refractivity contribution in [3.63, 3.8) is 0 Å². The van der Waals surface area contributed by atoms with Crippen molar-refractivity contribution in [2.24, 2.45) is 0 Å². The first-order valence-electron chi connectivity index (χ1n) is 8.83. The van der Waals surface area contributed by atoms with Crippen LogP contribution in [0.3, 0.4) is 0 Å². The van der Waals surface area contributed by atoms with Crippen LogP contribution in [0.2, 0.25) is 20.4 Å². The number of carbonyl (C=O) groups is 1. The van der Waals surface area contributed by atoms with Crippen LogP contribution in [-0.2, 0) is 0 Å². The minimum atomic E-state index is -1.04. The summed E-state index contributed by atoms with van der Waals surface area (Å²) in [5, 5.41) is 42.8. The van der Waals surface area contributed by atoms with Crippen molar-refractivity contribution in [3.05, 3.63) is 67.9 Å². The molecule has 0 saturated carbocycles. The monoisotopic (exact) mass is 512 g/mol. The summed E-state index contributed by atoms with van der Waals surface area (Å²) in [6.45, 7) is 0. The SMILES string of the molecule is O=C(c1c(O)ccc(-c2cc(Cl)c(Cl)[nH]2)c1O)c1c(O)ccc(-c2cc(Cl)c(Cl)[nH]2)c1O. The molecule has 2 aromatic carbocycles. The normalized spacial score (nSPS) is 11.1. The summed E-state index contributed by atoms with van der Waals surface area (Å²) < 4.78 is 0. The number of nitrogens with one attached hydrogen (secondary N) is 2. The maximum Gasteiger partial charge on any atom is 0.208 e. The molecule has 4 aromatic rings. The second kappa shape index (κ2) is 8.18. The highest BCUT2D eigenvalue weighted by molar-refractivity contribution is 6.42. The van der Waals surface area contributed by atoms with Crippen LogP contribution in [-0.4, -0.2) is 36.2 Å². The molecule has 2 aromatic heterocycles. The Morgan fingerprint density at radius 1 is 0.656 bits per heavy atom. The number of phenols is 4. The molecule has 0 fully saturated rings. The largest absolute Gasteiger partial charge is 0.507 e. The Balaban J connectivity index is 1.88. The van der Waals surface area contributed by atoms with E-state index in [2.05, 4.69) is 9.97 Å². The Hall–Kier alpha value is -2.97. The van der Waals surface area contributed by atoms with Crippen molar-refractivity contribution in [2.75, 3.05) is 0 Å². The van der Waals surface area contributed by atoms with Crippen molar-refractivity contribution < 1.29 is 25.2 Å². The minimum absolute atomic E-state index is 0.109. The summed E-state index contributed by atoms with van der Waals surface area (Å²) in [5.74, 6) is -3.41. The summed E-state index contributed by atoms with van der Waals surface area (Å²) in [7, 11) is 0. The van der Waals surface area contributed by atoms with E-state index in [9.17, 15) is 25.2 Å². The third kappa shape index (κ3) is 3.63. The van der Waals surface area contributed by atoms with Crippen LogP contribution >= 0.6 is 46.4 Å². The van der Waals surface area contributed by atoms with Crippen LogP contribution in [0, 0.1) is 0 Å². The summed E-state index contributed by atoms with van der Waals surface area (Å²) >= 11 is 23.7. The third-order valence-corrected chi connectivity index (χ3v) is 6.18. The lowest BCUT2D eigenvalue weighted by atomic mass is 9.94. The summed E-state index contributed by atoms with van der Waals surface area (Å²) in [6, 6.07) is 7.90. The Labute approximate surface area is 200 Å². The molecular formula is C21H12Cl4N2O5. The van der Waals surface area contributed by atoms with E-state index in [1.807, 2.05) is 0 Å². The topological polar surface area (TPSA) is 130 Å². The van der Waals surface area contributed by atoms with E-state index in [0.29, 0.717) is 0 Å². The van der Waals surface area contributed by atoms with Crippen LogP contribution < -0.4 is 0 Å². The fourth-order valence-corrected chi connectivity index (χ4v) is 3.89. The first kappa shape index (κ1) is 22.2. The van der Waals surface area contributed by atoms with Gasteiger partial charge in [-0.3, -0.25) is 4.79 Å². The minimum Gasteiger partial charge on any atom is -0.507 e. The Kier molecular flexibility index (Phi) is 5.68. The first-order chi connectivity index (χ1) is 15.1. The zero-order valence-electron chi connectivity index (χ0n) is 15.7. The van der Waals surface area contributed by atoms with E-state index in [1.165, 1.54) is 36.4 Å². The van der Waals surface area contributed by atoms with Crippen molar-refractivity contribution in [3.8, 4) is 45.5 Å². The summed E-state index contributed by atoms with van der Waals surface area (Å²) in [4.78, 5) is 18.8. The molecule has 0 saturated heterocycles. The number of halogens is 4. The Morgan fingerprint density at radius 2 is 1.03 bits per heavy atom. The number of H-pyrrole nitrogens is 2. The molecule has 7 nitrogen and oxygen atoms in total. The van der Waals surface area contributed by atoms with E-state index in [1.54, 1.807) is 0 Å². The molecule has 0 aliphatic heterocycles. The summed E-state index contributed by atoms with van der Waals surface area (Å²) in [6.07, 6.45) is 0. The molecule has 0 spiro atoms. The molecule has 0 radical (unpaired) electrons. The Morgan fingerprint density at radius 3 is 1.34 bits per heavy atom. The van der Waals surface area contributed by atoms with Crippen LogP contribution in [0.5, 0.6) is 23.0 Å². The lowest BCUT2D eigenvalue weighted by Crippen LogP contribution is -2.05. The van der Waals surface area contributed by atoms with E-state index in [0.717, 1.165) is 0 Å². The molecule has 164 valence electrons. The molecule has 0 atom stereocenters. The van der Waals surface area contributed by atoms with Crippen molar-refractivity contribution in [2.45, 2.75) is 0 Å². The second-order valence-corrected chi connectivity index (χ2v) is 8.30. The number of hydrogen-bond donors (Lipinski definition) is 6. The van der Waals surface area contributed by atoms with Gasteiger partial charge in [0.25, 0.3) is 0 Å². The average molecular weight is 514 g/mol. The lowest BCUT2D eigenvalue weighted by molar-refractivity contribution is 0.102. The first-order valence-corrected chi connectivity index (χ1v) is 10.3. The fourth-order valence-electron chi connectivity index (χ4n) is 3.27. The standard InChI is InChI=1S/C21H12Cl4N2O5/c22-9-5-11(26-20(9)24)7-1-3-13(28)15(17(7)30)19(32)16-14(29)4-2-8(18(16)31)12-6-10(23)21(25)27-12/h1-6,26-31H. The lowest BCUT2D eigenvalue weighted by Gasteiger charge is -2.14. The second-order valence-electron chi connectivity index (χ2n) is 6.73. The highest BCUT2D eigenvalue weighted by atomic mass is 35.5. The number of aromatic nitrogens is 2. The third-order valence-electron chi connectivity index (χ3n) is 4.80. The van der Waals surface area contributed by atoms with Crippen LogP contribution in [0.15, 0.2) is 36.4 Å². The van der Waals surface area contributed by atoms with Gasteiger partial charge in [-0.2, -0.15) is 0 Å². The number of phenolic OH excluding ortho intramolecular Hbond substituents is 4. The van der Waals surface area contributed by atoms with E-state index in [4.69, 9.17) is 46.4 Å². The number of ketones is 1. The molecule has 11 heteroatoms. The number of aromatic amines is 2. The predicted octanol–water partition coefficient (Wildman–Crippen LogP) is 6.34.